The summed E-state index contributed by atoms with van der Waals surface area (Å²) in [5.41, 5.74) is 3.42. The van der Waals surface area contributed by atoms with Crippen LogP contribution >= 0.6 is 0 Å². The van der Waals surface area contributed by atoms with E-state index < -0.39 is 0 Å². The number of H-pyrrole nitrogens is 1. The van der Waals surface area contributed by atoms with Gasteiger partial charge in [0.25, 0.3) is 0 Å². The summed E-state index contributed by atoms with van der Waals surface area (Å²) in [6.45, 7) is 0.635. The van der Waals surface area contributed by atoms with E-state index in [2.05, 4.69) is 10.3 Å². The number of aromatic nitrogens is 1. The minimum Gasteiger partial charge on any atom is -0.361 e. The SMILES string of the molecule is O=C1Cc2cccc3[nH]cc(c23)CN1. The Hall–Kier alpha value is -1.77. The highest BCUT2D eigenvalue weighted by Gasteiger charge is 2.15. The van der Waals surface area contributed by atoms with Crippen LogP contribution in [0.15, 0.2) is 24.4 Å². The fourth-order valence-corrected chi connectivity index (χ4v) is 2.05. The Kier molecular flexibility index (Phi) is 1.42. The van der Waals surface area contributed by atoms with Crippen molar-refractivity contribution < 1.29 is 4.79 Å². The molecule has 1 aromatic heterocycles. The third-order valence-corrected chi connectivity index (χ3v) is 2.70. The smallest absolute Gasteiger partial charge is 0.224 e. The lowest BCUT2D eigenvalue weighted by molar-refractivity contribution is -0.120. The summed E-state index contributed by atoms with van der Waals surface area (Å²) >= 11 is 0. The molecule has 2 heterocycles. The van der Waals surface area contributed by atoms with Crippen molar-refractivity contribution in [3.05, 3.63) is 35.5 Å². The molecule has 0 spiro atoms. The molecule has 0 saturated heterocycles. The fourth-order valence-electron chi connectivity index (χ4n) is 2.05. The Bertz CT molecular complexity index is 513. The van der Waals surface area contributed by atoms with Crippen molar-refractivity contribution in [1.29, 1.82) is 0 Å². The summed E-state index contributed by atoms with van der Waals surface area (Å²) in [5.74, 6) is 0.105. The summed E-state index contributed by atoms with van der Waals surface area (Å²) in [5, 5.41) is 4.09. The number of hydrogen-bond acceptors (Lipinski definition) is 1. The average molecular weight is 186 g/mol. The quantitative estimate of drug-likeness (QED) is 0.640. The van der Waals surface area contributed by atoms with Gasteiger partial charge >= 0.3 is 0 Å². The van der Waals surface area contributed by atoms with Crippen molar-refractivity contribution in [2.24, 2.45) is 0 Å². The van der Waals surface area contributed by atoms with Crippen LogP contribution in [0.25, 0.3) is 10.9 Å². The predicted octanol–water partition coefficient (Wildman–Crippen LogP) is 1.34. The lowest BCUT2D eigenvalue weighted by Crippen LogP contribution is -2.22. The van der Waals surface area contributed by atoms with Gasteiger partial charge in [0.15, 0.2) is 0 Å². The lowest BCUT2D eigenvalue weighted by atomic mass is 10.1. The van der Waals surface area contributed by atoms with E-state index in [4.69, 9.17) is 0 Å². The zero-order chi connectivity index (χ0) is 9.54. The molecule has 1 aliphatic rings. The normalized spacial score (nSPS) is 15.3. The maximum atomic E-state index is 11.4. The van der Waals surface area contributed by atoms with E-state index >= 15 is 0 Å². The fraction of sp³-hybridized carbons (Fsp3) is 0.182. The van der Waals surface area contributed by atoms with Crippen LogP contribution < -0.4 is 5.32 Å². The van der Waals surface area contributed by atoms with Gasteiger partial charge in [-0.15, -0.1) is 0 Å². The van der Waals surface area contributed by atoms with Crippen LogP contribution in [-0.4, -0.2) is 10.9 Å². The van der Waals surface area contributed by atoms with Crippen molar-refractivity contribution in [3.8, 4) is 0 Å². The van der Waals surface area contributed by atoms with Crippen molar-refractivity contribution >= 4 is 16.8 Å². The number of aromatic amines is 1. The van der Waals surface area contributed by atoms with E-state index in [9.17, 15) is 4.79 Å². The van der Waals surface area contributed by atoms with Crippen molar-refractivity contribution in [1.82, 2.24) is 10.3 Å². The van der Waals surface area contributed by atoms with E-state index in [1.165, 1.54) is 10.9 Å². The summed E-state index contributed by atoms with van der Waals surface area (Å²) in [6, 6.07) is 6.04. The Balaban J connectivity index is 2.36. The van der Waals surface area contributed by atoms with Crippen LogP contribution in [-0.2, 0) is 17.8 Å². The van der Waals surface area contributed by atoms with Crippen LogP contribution in [0, 0.1) is 0 Å². The molecule has 0 fully saturated rings. The second kappa shape index (κ2) is 2.61. The number of nitrogens with one attached hydrogen (secondary N) is 2. The van der Waals surface area contributed by atoms with E-state index in [1.807, 2.05) is 24.4 Å². The monoisotopic (exact) mass is 186 g/mol. The van der Waals surface area contributed by atoms with Crippen LogP contribution in [0.2, 0.25) is 0 Å². The van der Waals surface area contributed by atoms with Crippen molar-refractivity contribution in [2.45, 2.75) is 13.0 Å². The molecule has 0 aliphatic carbocycles. The molecule has 1 aromatic carbocycles. The molecule has 3 rings (SSSR count). The van der Waals surface area contributed by atoms with Crippen LogP contribution in [0.5, 0.6) is 0 Å². The molecule has 2 aromatic rings. The molecule has 2 N–H and O–H groups in total. The largest absolute Gasteiger partial charge is 0.361 e. The van der Waals surface area contributed by atoms with Gasteiger partial charge in [0.2, 0.25) is 5.91 Å². The van der Waals surface area contributed by atoms with Crippen molar-refractivity contribution in [3.63, 3.8) is 0 Å². The second-order valence-corrected chi connectivity index (χ2v) is 3.61. The number of benzene rings is 1. The molecule has 0 radical (unpaired) electrons. The number of hydrogen-bond donors (Lipinski definition) is 2. The summed E-state index contributed by atoms with van der Waals surface area (Å²) in [7, 11) is 0. The maximum Gasteiger partial charge on any atom is 0.224 e. The number of rotatable bonds is 0. The number of carbonyl (C=O) groups is 1. The van der Waals surface area contributed by atoms with E-state index in [0.29, 0.717) is 13.0 Å². The summed E-state index contributed by atoms with van der Waals surface area (Å²) in [6.07, 6.45) is 2.46. The molecular weight excluding hydrogens is 176 g/mol. The predicted molar refractivity (Wildman–Crippen MR) is 53.8 cm³/mol. The highest BCUT2D eigenvalue weighted by molar-refractivity contribution is 5.92. The highest BCUT2D eigenvalue weighted by Crippen LogP contribution is 2.24. The Morgan fingerprint density at radius 3 is 3.07 bits per heavy atom. The maximum absolute atomic E-state index is 11.4. The molecule has 0 atom stereocenters. The minimum absolute atomic E-state index is 0.105. The Morgan fingerprint density at radius 2 is 2.14 bits per heavy atom. The van der Waals surface area contributed by atoms with E-state index in [1.54, 1.807) is 0 Å². The molecule has 14 heavy (non-hydrogen) atoms. The first-order valence-electron chi connectivity index (χ1n) is 4.69. The Labute approximate surface area is 81.1 Å². The molecule has 0 bridgehead atoms. The third kappa shape index (κ3) is 0.954. The molecule has 3 nitrogen and oxygen atoms in total. The first-order valence-corrected chi connectivity index (χ1v) is 4.69. The van der Waals surface area contributed by atoms with Crippen molar-refractivity contribution in [2.75, 3.05) is 0 Å². The van der Waals surface area contributed by atoms with Gasteiger partial charge in [0, 0.05) is 23.6 Å². The number of amides is 1. The molecule has 3 heteroatoms. The summed E-state index contributed by atoms with van der Waals surface area (Å²) in [4.78, 5) is 14.6. The van der Waals surface area contributed by atoms with Gasteiger partial charge in [0.1, 0.15) is 0 Å². The van der Waals surface area contributed by atoms with Crippen LogP contribution in [0.4, 0.5) is 0 Å². The van der Waals surface area contributed by atoms with Gasteiger partial charge in [-0.25, -0.2) is 0 Å². The Morgan fingerprint density at radius 1 is 1.21 bits per heavy atom. The van der Waals surface area contributed by atoms with Gasteiger partial charge < -0.3 is 10.3 Å². The first kappa shape index (κ1) is 7.62. The molecule has 70 valence electrons. The summed E-state index contributed by atoms with van der Waals surface area (Å²) < 4.78 is 0. The average Bonchev–Trinajstić information content (AvgIpc) is 2.51. The zero-order valence-electron chi connectivity index (χ0n) is 7.63. The molecule has 1 amide bonds. The molecular formula is C11H10N2O. The highest BCUT2D eigenvalue weighted by atomic mass is 16.1. The van der Waals surface area contributed by atoms with Gasteiger partial charge in [-0.2, -0.15) is 0 Å². The zero-order valence-corrected chi connectivity index (χ0v) is 7.63. The topological polar surface area (TPSA) is 44.9 Å². The van der Waals surface area contributed by atoms with Gasteiger partial charge in [-0.3, -0.25) is 4.79 Å². The van der Waals surface area contributed by atoms with Crippen LogP contribution in [0.1, 0.15) is 11.1 Å². The lowest BCUT2D eigenvalue weighted by Gasteiger charge is -1.98. The second-order valence-electron chi connectivity index (χ2n) is 3.61. The molecule has 0 unspecified atom stereocenters. The first-order chi connectivity index (χ1) is 6.84. The van der Waals surface area contributed by atoms with Gasteiger partial charge in [-0.1, -0.05) is 12.1 Å². The third-order valence-electron chi connectivity index (χ3n) is 2.70. The van der Waals surface area contributed by atoms with E-state index in [0.717, 1.165) is 11.1 Å². The van der Waals surface area contributed by atoms with E-state index in [-0.39, 0.29) is 5.91 Å². The van der Waals surface area contributed by atoms with Gasteiger partial charge in [-0.05, 0) is 17.2 Å². The molecule has 0 saturated carbocycles. The molecule has 1 aliphatic heterocycles. The standard InChI is InChI=1S/C11H10N2O/c14-10-4-7-2-1-3-9-11(7)8(5-12-9)6-13-10/h1-3,5,12H,4,6H2,(H,13,14). The van der Waals surface area contributed by atoms with Gasteiger partial charge in [0.05, 0.1) is 6.42 Å². The minimum atomic E-state index is 0.105. The van der Waals surface area contributed by atoms with Crippen LogP contribution in [0.3, 0.4) is 0 Å². The number of carbonyl (C=O) groups excluding carboxylic acids is 1.